The zero-order chi connectivity index (χ0) is 11.5. The normalized spacial score (nSPS) is 10.4. The molecule has 0 bridgehead atoms. The summed E-state index contributed by atoms with van der Waals surface area (Å²) in [5, 5.41) is 6.35. The van der Waals surface area contributed by atoms with Gasteiger partial charge in [-0.1, -0.05) is 23.2 Å². The number of hydrogen-bond donors (Lipinski definition) is 1. The van der Waals surface area contributed by atoms with Crippen molar-refractivity contribution in [3.05, 3.63) is 44.2 Å². The predicted octanol–water partition coefficient (Wildman–Crippen LogP) is 4.37. The quantitative estimate of drug-likeness (QED) is 0.898. The van der Waals surface area contributed by atoms with Crippen LogP contribution in [0.5, 0.6) is 0 Å². The molecule has 2 rings (SSSR count). The molecule has 2 aromatic rings. The Morgan fingerprint density at radius 3 is 2.88 bits per heavy atom. The molecule has 0 fully saturated rings. The van der Waals surface area contributed by atoms with Gasteiger partial charge in [-0.15, -0.1) is 11.3 Å². The predicted molar refractivity (Wildman–Crippen MR) is 70.6 cm³/mol. The van der Waals surface area contributed by atoms with Crippen molar-refractivity contribution in [2.75, 3.05) is 5.32 Å². The lowest BCUT2D eigenvalue weighted by Gasteiger charge is -2.06. The second kappa shape index (κ2) is 5.04. The van der Waals surface area contributed by atoms with Crippen LogP contribution >= 0.6 is 34.5 Å². The number of halogens is 2. The van der Waals surface area contributed by atoms with Gasteiger partial charge in [0.05, 0.1) is 16.6 Å². The minimum atomic E-state index is 0.543. The zero-order valence-corrected chi connectivity index (χ0v) is 11.0. The van der Waals surface area contributed by atoms with Crippen LogP contribution in [-0.2, 0) is 6.54 Å². The molecule has 0 atom stereocenters. The third-order valence-corrected chi connectivity index (χ3v) is 3.71. The first kappa shape index (κ1) is 11.7. The van der Waals surface area contributed by atoms with Gasteiger partial charge in [-0.05, 0) is 30.0 Å². The molecule has 0 spiro atoms. The lowest BCUT2D eigenvalue weighted by molar-refractivity contribution is 1.13. The summed E-state index contributed by atoms with van der Waals surface area (Å²) >= 11 is 13.5. The van der Waals surface area contributed by atoms with Crippen LogP contribution in [0.3, 0.4) is 0 Å². The van der Waals surface area contributed by atoms with Crippen molar-refractivity contribution in [1.29, 1.82) is 0 Å². The molecule has 0 aliphatic rings. The van der Waals surface area contributed by atoms with Gasteiger partial charge in [-0.2, -0.15) is 0 Å². The van der Waals surface area contributed by atoms with Gasteiger partial charge < -0.3 is 5.32 Å². The maximum absolute atomic E-state index is 6.00. The number of aryl methyl sites for hydroxylation is 1. The summed E-state index contributed by atoms with van der Waals surface area (Å²) in [6.45, 7) is 2.82. The van der Waals surface area contributed by atoms with Gasteiger partial charge in [0, 0.05) is 11.1 Å². The molecule has 1 N–H and O–H groups in total. The van der Waals surface area contributed by atoms with Crippen LogP contribution in [0.4, 0.5) is 5.82 Å². The minimum Gasteiger partial charge on any atom is -0.364 e. The number of anilines is 1. The average Bonchev–Trinajstić information content (AvgIpc) is 2.63. The van der Waals surface area contributed by atoms with Crippen molar-refractivity contribution in [2.24, 2.45) is 0 Å². The van der Waals surface area contributed by atoms with Crippen molar-refractivity contribution < 1.29 is 0 Å². The Labute approximate surface area is 108 Å². The van der Waals surface area contributed by atoms with Gasteiger partial charge in [-0.25, -0.2) is 4.98 Å². The van der Waals surface area contributed by atoms with E-state index < -0.39 is 0 Å². The summed E-state index contributed by atoms with van der Waals surface area (Å²) in [5.41, 5.74) is 1.28. The first-order valence-corrected chi connectivity index (χ1v) is 6.38. The van der Waals surface area contributed by atoms with Crippen LogP contribution < -0.4 is 5.32 Å². The molecular weight excluding hydrogens is 263 g/mol. The monoisotopic (exact) mass is 272 g/mol. The summed E-state index contributed by atoms with van der Waals surface area (Å²) in [6.07, 6.45) is 1.58. The van der Waals surface area contributed by atoms with Crippen LogP contribution in [0.2, 0.25) is 10.0 Å². The zero-order valence-electron chi connectivity index (χ0n) is 8.63. The Kier molecular flexibility index (Phi) is 3.69. The highest BCUT2D eigenvalue weighted by Gasteiger charge is 2.04. The van der Waals surface area contributed by atoms with Gasteiger partial charge in [-0.3, -0.25) is 0 Å². The molecule has 16 heavy (non-hydrogen) atoms. The van der Waals surface area contributed by atoms with Crippen LogP contribution in [0.1, 0.15) is 10.4 Å². The first-order valence-electron chi connectivity index (χ1n) is 4.74. The Balaban J connectivity index is 2.08. The standard InChI is InChI=1S/C11H10Cl2N2S/c1-7-2-3-16-10(7)6-15-11-9(13)4-8(12)5-14-11/h2-5H,6H2,1H3,(H,14,15). The Hall–Kier alpha value is -0.770. The molecule has 0 unspecified atom stereocenters. The fraction of sp³-hybridized carbons (Fsp3) is 0.182. The molecule has 84 valence electrons. The number of thiophene rings is 1. The summed E-state index contributed by atoms with van der Waals surface area (Å²) in [5.74, 6) is 0.666. The van der Waals surface area contributed by atoms with E-state index in [1.807, 2.05) is 0 Å². The maximum atomic E-state index is 6.00. The van der Waals surface area contributed by atoms with E-state index in [0.29, 0.717) is 15.9 Å². The number of nitrogens with one attached hydrogen (secondary N) is 1. The molecule has 0 saturated heterocycles. The molecule has 0 aliphatic heterocycles. The molecule has 0 saturated carbocycles. The topological polar surface area (TPSA) is 24.9 Å². The largest absolute Gasteiger partial charge is 0.364 e. The van der Waals surface area contributed by atoms with Gasteiger partial charge in [0.2, 0.25) is 0 Å². The van der Waals surface area contributed by atoms with Crippen molar-refractivity contribution >= 4 is 40.4 Å². The number of nitrogens with zero attached hydrogens (tertiary/aromatic N) is 1. The third-order valence-electron chi connectivity index (χ3n) is 2.19. The highest BCUT2D eigenvalue weighted by atomic mass is 35.5. The maximum Gasteiger partial charge on any atom is 0.145 e. The van der Waals surface area contributed by atoms with E-state index in [9.17, 15) is 0 Å². The summed E-state index contributed by atoms with van der Waals surface area (Å²) in [7, 11) is 0. The summed E-state index contributed by atoms with van der Waals surface area (Å²) < 4.78 is 0. The second-order valence-electron chi connectivity index (χ2n) is 3.36. The Bertz CT molecular complexity index is 496. The molecule has 0 aliphatic carbocycles. The van der Waals surface area contributed by atoms with E-state index in [1.165, 1.54) is 10.4 Å². The number of aromatic nitrogens is 1. The van der Waals surface area contributed by atoms with Crippen LogP contribution in [-0.4, -0.2) is 4.98 Å². The second-order valence-corrected chi connectivity index (χ2v) is 5.21. The molecule has 0 amide bonds. The van der Waals surface area contributed by atoms with E-state index in [2.05, 4.69) is 28.7 Å². The van der Waals surface area contributed by atoms with Crippen molar-refractivity contribution in [1.82, 2.24) is 4.98 Å². The lowest BCUT2D eigenvalue weighted by atomic mass is 10.3. The van der Waals surface area contributed by atoms with E-state index in [4.69, 9.17) is 23.2 Å². The van der Waals surface area contributed by atoms with E-state index in [0.717, 1.165) is 6.54 Å². The molecule has 0 radical (unpaired) electrons. The Morgan fingerprint density at radius 1 is 1.44 bits per heavy atom. The number of pyridine rings is 1. The van der Waals surface area contributed by atoms with Crippen LogP contribution in [0.25, 0.3) is 0 Å². The van der Waals surface area contributed by atoms with Gasteiger partial charge in [0.15, 0.2) is 0 Å². The Morgan fingerprint density at radius 2 is 2.25 bits per heavy atom. The summed E-state index contributed by atoms with van der Waals surface area (Å²) in [6, 6.07) is 3.78. The van der Waals surface area contributed by atoms with Gasteiger partial charge in [0.25, 0.3) is 0 Å². The van der Waals surface area contributed by atoms with Crippen LogP contribution in [0, 0.1) is 6.92 Å². The molecular formula is C11H10Cl2N2S. The molecule has 0 aromatic carbocycles. The number of rotatable bonds is 3. The molecule has 2 aromatic heterocycles. The van der Waals surface area contributed by atoms with E-state index >= 15 is 0 Å². The number of hydrogen-bond acceptors (Lipinski definition) is 3. The van der Waals surface area contributed by atoms with Crippen molar-refractivity contribution in [3.63, 3.8) is 0 Å². The fourth-order valence-corrected chi connectivity index (χ4v) is 2.59. The van der Waals surface area contributed by atoms with Gasteiger partial charge in [0.1, 0.15) is 5.82 Å². The smallest absolute Gasteiger partial charge is 0.145 e. The SMILES string of the molecule is Cc1ccsc1CNc1ncc(Cl)cc1Cl. The van der Waals surface area contributed by atoms with E-state index in [-0.39, 0.29) is 0 Å². The fourth-order valence-electron chi connectivity index (χ4n) is 1.29. The first-order chi connectivity index (χ1) is 7.66. The highest BCUT2D eigenvalue weighted by Crippen LogP contribution is 2.24. The third kappa shape index (κ3) is 2.67. The van der Waals surface area contributed by atoms with E-state index in [1.54, 1.807) is 23.6 Å². The average molecular weight is 273 g/mol. The van der Waals surface area contributed by atoms with Crippen molar-refractivity contribution in [3.8, 4) is 0 Å². The minimum absolute atomic E-state index is 0.543. The van der Waals surface area contributed by atoms with Crippen molar-refractivity contribution in [2.45, 2.75) is 13.5 Å². The molecule has 2 nitrogen and oxygen atoms in total. The highest BCUT2D eigenvalue weighted by molar-refractivity contribution is 7.10. The lowest BCUT2D eigenvalue weighted by Crippen LogP contribution is -2.01. The van der Waals surface area contributed by atoms with Gasteiger partial charge >= 0.3 is 0 Å². The summed E-state index contributed by atoms with van der Waals surface area (Å²) in [4.78, 5) is 5.42. The molecule has 5 heteroatoms. The van der Waals surface area contributed by atoms with Crippen LogP contribution in [0.15, 0.2) is 23.7 Å². The molecule has 2 heterocycles.